The molecule has 1 aromatic carbocycles. The van der Waals surface area contributed by atoms with Crippen molar-refractivity contribution >= 4 is 22.9 Å². The number of dihydropyridines is 1. The predicted octanol–water partition coefficient (Wildman–Crippen LogP) is 1.80. The van der Waals surface area contributed by atoms with E-state index in [9.17, 15) is 0 Å². The van der Waals surface area contributed by atoms with Crippen LogP contribution in [0.15, 0.2) is 66.5 Å². The molecule has 1 aromatic heterocycles. The number of rotatable bonds is 4. The Kier molecular flexibility index (Phi) is 4.38. The van der Waals surface area contributed by atoms with E-state index in [1.807, 2.05) is 48.6 Å². The van der Waals surface area contributed by atoms with Gasteiger partial charge in [-0.05, 0) is 18.2 Å². The minimum absolute atomic E-state index is 0.0823. The summed E-state index contributed by atoms with van der Waals surface area (Å²) in [5.74, 6) is -0.116. The fourth-order valence-electron chi connectivity index (χ4n) is 2.44. The van der Waals surface area contributed by atoms with E-state index in [1.54, 1.807) is 12.3 Å². The third-order valence-corrected chi connectivity index (χ3v) is 3.66. The van der Waals surface area contributed by atoms with E-state index in [0.717, 1.165) is 5.56 Å². The zero-order chi connectivity index (χ0) is 17.8. The molecule has 2 heterocycles. The fourth-order valence-corrected chi connectivity index (χ4v) is 2.44. The lowest BCUT2D eigenvalue weighted by atomic mass is 9.96. The summed E-state index contributed by atoms with van der Waals surface area (Å²) in [5.41, 5.74) is 14.3. The van der Waals surface area contributed by atoms with Gasteiger partial charge in [0.25, 0.3) is 0 Å². The number of nitrogens with two attached hydrogens (primary N) is 2. The van der Waals surface area contributed by atoms with Crippen LogP contribution in [0.1, 0.15) is 16.8 Å². The molecule has 7 nitrogen and oxygen atoms in total. The van der Waals surface area contributed by atoms with Crippen molar-refractivity contribution in [2.24, 2.45) is 5.73 Å². The van der Waals surface area contributed by atoms with Crippen LogP contribution < -0.4 is 16.8 Å². The normalized spacial score (nSPS) is 14.7. The molecule has 0 spiro atoms. The Morgan fingerprint density at radius 1 is 1.04 bits per heavy atom. The summed E-state index contributed by atoms with van der Waals surface area (Å²) in [5, 5.41) is 27.4. The average Bonchev–Trinajstić information content (AvgIpc) is 2.64. The van der Waals surface area contributed by atoms with Crippen LogP contribution in [-0.2, 0) is 0 Å². The van der Waals surface area contributed by atoms with Gasteiger partial charge in [0.15, 0.2) is 5.82 Å². The second kappa shape index (κ2) is 6.79. The third-order valence-electron chi connectivity index (χ3n) is 3.66. The smallest absolute Gasteiger partial charge is 0.157 e. The first-order valence-electron chi connectivity index (χ1n) is 7.54. The van der Waals surface area contributed by atoms with Crippen LogP contribution in [0.5, 0.6) is 0 Å². The highest BCUT2D eigenvalue weighted by Gasteiger charge is 2.19. The lowest BCUT2D eigenvalue weighted by Crippen LogP contribution is -2.19. The highest BCUT2D eigenvalue weighted by atomic mass is 15.1. The Morgan fingerprint density at radius 2 is 1.80 bits per heavy atom. The van der Waals surface area contributed by atoms with Gasteiger partial charge in [-0.25, -0.2) is 0 Å². The van der Waals surface area contributed by atoms with E-state index in [0.29, 0.717) is 22.5 Å². The number of aromatic nitrogens is 2. The van der Waals surface area contributed by atoms with Crippen LogP contribution >= 0.6 is 0 Å². The first-order chi connectivity index (χ1) is 12.1. The topological polar surface area (TPSA) is 138 Å². The summed E-state index contributed by atoms with van der Waals surface area (Å²) in [4.78, 5) is 0. The molecule has 0 saturated heterocycles. The van der Waals surface area contributed by atoms with Gasteiger partial charge in [0.1, 0.15) is 5.84 Å². The molecular weight excluding hydrogens is 314 g/mol. The van der Waals surface area contributed by atoms with E-state index >= 15 is 0 Å². The summed E-state index contributed by atoms with van der Waals surface area (Å²) in [6, 6.07) is 10.9. The number of benzene rings is 1. The van der Waals surface area contributed by atoms with Gasteiger partial charge in [-0.1, -0.05) is 36.4 Å². The van der Waals surface area contributed by atoms with Crippen molar-refractivity contribution in [1.29, 1.82) is 10.8 Å². The minimum atomic E-state index is -0.198. The zero-order valence-electron chi connectivity index (χ0n) is 13.3. The first-order valence-corrected chi connectivity index (χ1v) is 7.54. The molecule has 3 rings (SSSR count). The lowest BCUT2D eigenvalue weighted by Gasteiger charge is -2.16. The largest absolute Gasteiger partial charge is 0.384 e. The van der Waals surface area contributed by atoms with E-state index in [1.165, 1.54) is 0 Å². The van der Waals surface area contributed by atoms with Gasteiger partial charge in [-0.3, -0.25) is 10.8 Å². The molecule has 124 valence electrons. The van der Waals surface area contributed by atoms with Crippen LogP contribution in [0.25, 0.3) is 5.57 Å². The summed E-state index contributed by atoms with van der Waals surface area (Å²) in [7, 11) is 0. The Morgan fingerprint density at radius 3 is 2.44 bits per heavy atom. The molecule has 2 aromatic rings. The molecule has 0 unspecified atom stereocenters. The molecule has 0 aliphatic carbocycles. The fraction of sp³-hybridized carbons (Fsp3) is 0. The summed E-state index contributed by atoms with van der Waals surface area (Å²) in [6.07, 6.45) is 7.33. The molecule has 25 heavy (non-hydrogen) atoms. The molecule has 0 amide bonds. The number of allylic oxidation sites excluding steroid dienone is 4. The standard InChI is InChI=1S/C18H17N7/c19-16(11-6-2-1-3-7-11)15(13-8-4-5-9-23-13)14-10-12(17(20)21)18(22)25-24-14/h1-10,19,23H,(H3,20,21)(H2,22,25)/b15-13-,19-16?. The molecule has 0 atom stereocenters. The second-order valence-corrected chi connectivity index (χ2v) is 5.33. The van der Waals surface area contributed by atoms with Gasteiger partial charge in [-0.15, -0.1) is 10.2 Å². The molecule has 7 heteroatoms. The summed E-state index contributed by atoms with van der Waals surface area (Å²) >= 11 is 0. The molecule has 0 fully saturated rings. The second-order valence-electron chi connectivity index (χ2n) is 5.33. The number of anilines is 1. The van der Waals surface area contributed by atoms with Crippen LogP contribution in [0, 0.1) is 10.8 Å². The van der Waals surface area contributed by atoms with Crippen molar-refractivity contribution in [1.82, 2.24) is 15.5 Å². The Bertz CT molecular complexity index is 924. The van der Waals surface area contributed by atoms with Crippen molar-refractivity contribution in [3.8, 4) is 0 Å². The lowest BCUT2D eigenvalue weighted by molar-refractivity contribution is 1.01. The highest BCUT2D eigenvalue weighted by molar-refractivity contribution is 6.31. The monoisotopic (exact) mass is 331 g/mol. The summed E-state index contributed by atoms with van der Waals surface area (Å²) in [6.45, 7) is 0. The molecular formula is C18H17N7. The maximum Gasteiger partial charge on any atom is 0.157 e. The summed E-state index contributed by atoms with van der Waals surface area (Å²) < 4.78 is 0. The predicted molar refractivity (Wildman–Crippen MR) is 99.1 cm³/mol. The Labute approximate surface area is 144 Å². The van der Waals surface area contributed by atoms with Gasteiger partial charge >= 0.3 is 0 Å². The van der Waals surface area contributed by atoms with Crippen LogP contribution in [0.4, 0.5) is 5.82 Å². The molecule has 0 radical (unpaired) electrons. The number of nitrogens with zero attached hydrogens (tertiary/aromatic N) is 2. The van der Waals surface area contributed by atoms with E-state index < -0.39 is 0 Å². The van der Waals surface area contributed by atoms with Crippen molar-refractivity contribution in [3.05, 3.63) is 83.3 Å². The van der Waals surface area contributed by atoms with Gasteiger partial charge in [-0.2, -0.15) is 0 Å². The van der Waals surface area contributed by atoms with Crippen molar-refractivity contribution in [3.63, 3.8) is 0 Å². The number of nitrogen functional groups attached to an aromatic ring is 2. The Balaban J connectivity index is 2.18. The van der Waals surface area contributed by atoms with E-state index in [-0.39, 0.29) is 17.4 Å². The number of hydrogen-bond acceptors (Lipinski definition) is 6. The Hall–Kier alpha value is -3.74. The van der Waals surface area contributed by atoms with Gasteiger partial charge in [0.2, 0.25) is 0 Å². The molecule has 0 bridgehead atoms. The number of nitrogens with one attached hydrogen (secondary N) is 3. The van der Waals surface area contributed by atoms with Crippen molar-refractivity contribution < 1.29 is 0 Å². The average molecular weight is 331 g/mol. The number of amidine groups is 1. The van der Waals surface area contributed by atoms with Crippen LogP contribution in [0.3, 0.4) is 0 Å². The van der Waals surface area contributed by atoms with Crippen molar-refractivity contribution in [2.75, 3.05) is 5.73 Å². The molecule has 0 saturated carbocycles. The van der Waals surface area contributed by atoms with Crippen LogP contribution in [-0.4, -0.2) is 21.7 Å². The van der Waals surface area contributed by atoms with Crippen molar-refractivity contribution in [2.45, 2.75) is 0 Å². The van der Waals surface area contributed by atoms with Crippen LogP contribution in [0.2, 0.25) is 0 Å². The van der Waals surface area contributed by atoms with Gasteiger partial charge in [0, 0.05) is 17.5 Å². The quantitative estimate of drug-likeness (QED) is 0.429. The third kappa shape index (κ3) is 3.30. The maximum absolute atomic E-state index is 8.65. The molecule has 7 N–H and O–H groups in total. The first kappa shape index (κ1) is 16.1. The van der Waals surface area contributed by atoms with Gasteiger partial charge < -0.3 is 16.8 Å². The maximum atomic E-state index is 8.65. The number of hydrogen-bond donors (Lipinski definition) is 5. The SMILES string of the molecule is N=C(/C(=C1/C=CC=CN1)c1cc(C(=N)N)c(N)nn1)c1ccccc1. The van der Waals surface area contributed by atoms with Gasteiger partial charge in [0.05, 0.1) is 22.5 Å². The molecule has 1 aliphatic heterocycles. The van der Waals surface area contributed by atoms with E-state index in [4.69, 9.17) is 22.3 Å². The highest BCUT2D eigenvalue weighted by Crippen LogP contribution is 2.24. The molecule has 1 aliphatic rings. The zero-order valence-corrected chi connectivity index (χ0v) is 13.3. The minimum Gasteiger partial charge on any atom is -0.384 e. The van der Waals surface area contributed by atoms with E-state index in [2.05, 4.69) is 15.5 Å².